The van der Waals surface area contributed by atoms with Crippen molar-refractivity contribution in [1.82, 2.24) is 30.5 Å². The highest BCUT2D eigenvalue weighted by Crippen LogP contribution is 2.29. The van der Waals surface area contributed by atoms with E-state index in [1.165, 1.54) is 4.90 Å². The van der Waals surface area contributed by atoms with Gasteiger partial charge in [-0.05, 0) is 81.3 Å². The normalized spacial score (nSPS) is 17.2. The van der Waals surface area contributed by atoms with Crippen molar-refractivity contribution in [1.29, 1.82) is 0 Å². The van der Waals surface area contributed by atoms with Gasteiger partial charge < -0.3 is 30.1 Å². The molecular formula is C31H40N6O7. The Morgan fingerprint density at radius 1 is 1.09 bits per heavy atom. The predicted molar refractivity (Wildman–Crippen MR) is 161 cm³/mol. The van der Waals surface area contributed by atoms with Crippen LogP contribution >= 0.6 is 0 Å². The van der Waals surface area contributed by atoms with Gasteiger partial charge in [-0.15, -0.1) is 5.10 Å². The van der Waals surface area contributed by atoms with Crippen LogP contribution in [0.1, 0.15) is 51.2 Å². The van der Waals surface area contributed by atoms with E-state index in [2.05, 4.69) is 20.9 Å². The smallest absolute Gasteiger partial charge is 0.408 e. The molecular weight excluding hydrogens is 568 g/mol. The van der Waals surface area contributed by atoms with Crippen LogP contribution in [0.2, 0.25) is 0 Å². The fourth-order valence-corrected chi connectivity index (χ4v) is 5.34. The summed E-state index contributed by atoms with van der Waals surface area (Å²) in [6.07, 6.45) is -0.336. The molecule has 0 bridgehead atoms. The number of methoxy groups -OCH3 is 1. The number of nitrogens with zero attached hydrogens (tertiary/aromatic N) is 4. The van der Waals surface area contributed by atoms with Crippen molar-refractivity contribution in [3.63, 3.8) is 0 Å². The summed E-state index contributed by atoms with van der Waals surface area (Å²) < 4.78 is 12.2. The van der Waals surface area contributed by atoms with Gasteiger partial charge in [-0.3, -0.25) is 14.4 Å². The molecule has 0 spiro atoms. The monoisotopic (exact) mass is 608 g/mol. The molecule has 3 amide bonds. The van der Waals surface area contributed by atoms with Gasteiger partial charge in [0, 0.05) is 26.6 Å². The van der Waals surface area contributed by atoms with Crippen molar-refractivity contribution < 1.29 is 33.8 Å². The molecule has 3 N–H and O–H groups in total. The molecule has 1 fully saturated rings. The molecule has 236 valence electrons. The quantitative estimate of drug-likeness (QED) is 0.297. The second kappa shape index (κ2) is 13.7. The number of hydrogen-bond acceptors (Lipinski definition) is 8. The van der Waals surface area contributed by atoms with Crippen LogP contribution < -0.4 is 15.4 Å². The number of rotatable bonds is 11. The number of benzene rings is 2. The van der Waals surface area contributed by atoms with Crippen LogP contribution in [0.25, 0.3) is 11.0 Å². The van der Waals surface area contributed by atoms with Crippen LogP contribution in [-0.4, -0.2) is 80.2 Å². The molecule has 0 aliphatic carbocycles. The minimum absolute atomic E-state index is 0.0549. The predicted octanol–water partition coefficient (Wildman–Crippen LogP) is 2.81. The largest absolute Gasteiger partial charge is 0.497 e. The van der Waals surface area contributed by atoms with Gasteiger partial charge in [0.15, 0.2) is 0 Å². The van der Waals surface area contributed by atoms with Gasteiger partial charge in [0.25, 0.3) is 0 Å². The number of carboxylic acids is 1. The lowest BCUT2D eigenvalue weighted by atomic mass is 9.96. The minimum Gasteiger partial charge on any atom is -0.497 e. The highest BCUT2D eigenvalue weighted by atomic mass is 16.6. The SMILES string of the molecule is COc1ccc(C[C@@H]2C[C@@H](C(=O)NCc3ccc4c(c3)nnn4C)N(C(=O)[C@@H](CCC(=O)O)NC(=O)OC(C)(C)C)C2)cc1. The Morgan fingerprint density at radius 3 is 2.45 bits per heavy atom. The Bertz CT molecular complexity index is 1500. The number of alkyl carbamates (subject to hydrolysis) is 1. The van der Waals surface area contributed by atoms with Crippen LogP contribution in [0.3, 0.4) is 0 Å². The second-order valence-electron chi connectivity index (χ2n) is 12.0. The summed E-state index contributed by atoms with van der Waals surface area (Å²) in [4.78, 5) is 53.0. The Balaban J connectivity index is 1.53. The maximum Gasteiger partial charge on any atom is 0.408 e. The lowest BCUT2D eigenvalue weighted by Gasteiger charge is -2.29. The number of carboxylic acid groups (broad SMARTS) is 1. The number of hydrogen-bond donors (Lipinski definition) is 3. The molecule has 1 aliphatic rings. The Labute approximate surface area is 255 Å². The minimum atomic E-state index is -1.19. The number of aromatic nitrogens is 3. The van der Waals surface area contributed by atoms with E-state index < -0.39 is 35.7 Å². The first kappa shape index (κ1) is 32.2. The summed E-state index contributed by atoms with van der Waals surface area (Å²) in [5.41, 5.74) is 2.59. The molecule has 2 heterocycles. The van der Waals surface area contributed by atoms with Crippen LogP contribution in [0.5, 0.6) is 5.75 Å². The molecule has 2 aromatic carbocycles. The fourth-order valence-electron chi connectivity index (χ4n) is 5.34. The fraction of sp³-hybridized carbons (Fsp3) is 0.484. The summed E-state index contributed by atoms with van der Waals surface area (Å²) in [5, 5.41) is 22.9. The lowest BCUT2D eigenvalue weighted by Crippen LogP contribution is -2.54. The molecule has 44 heavy (non-hydrogen) atoms. The molecule has 13 heteroatoms. The summed E-state index contributed by atoms with van der Waals surface area (Å²) in [6.45, 7) is 5.54. The van der Waals surface area contributed by atoms with Crippen molar-refractivity contribution in [2.24, 2.45) is 13.0 Å². The zero-order chi connectivity index (χ0) is 32.0. The molecule has 0 radical (unpaired) electrons. The van der Waals surface area contributed by atoms with Gasteiger partial charge in [-0.2, -0.15) is 0 Å². The van der Waals surface area contributed by atoms with Gasteiger partial charge in [-0.1, -0.05) is 23.4 Å². The van der Waals surface area contributed by atoms with E-state index in [9.17, 15) is 24.3 Å². The van der Waals surface area contributed by atoms with Crippen molar-refractivity contribution in [3.8, 4) is 5.75 Å². The number of carbonyl (C=O) groups is 4. The van der Waals surface area contributed by atoms with Crippen molar-refractivity contribution in [2.45, 2.75) is 70.7 Å². The number of fused-ring (bicyclic) bond motifs is 1. The molecule has 3 atom stereocenters. The third-order valence-corrected chi connectivity index (χ3v) is 7.43. The number of carbonyl (C=O) groups excluding carboxylic acids is 3. The third-order valence-electron chi connectivity index (χ3n) is 7.43. The van der Waals surface area contributed by atoms with E-state index in [-0.39, 0.29) is 37.8 Å². The van der Waals surface area contributed by atoms with Crippen LogP contribution in [0.15, 0.2) is 42.5 Å². The van der Waals surface area contributed by atoms with E-state index in [0.717, 1.165) is 22.4 Å². The molecule has 0 unspecified atom stereocenters. The Morgan fingerprint density at radius 2 is 1.80 bits per heavy atom. The first-order chi connectivity index (χ1) is 20.8. The van der Waals surface area contributed by atoms with Gasteiger partial charge in [-0.25, -0.2) is 9.48 Å². The topological polar surface area (TPSA) is 165 Å². The van der Waals surface area contributed by atoms with Crippen LogP contribution in [-0.2, 0) is 39.1 Å². The Hall–Kier alpha value is -4.68. The number of likely N-dealkylation sites (tertiary alicyclic amines) is 1. The van der Waals surface area contributed by atoms with Crippen LogP contribution in [0, 0.1) is 5.92 Å². The zero-order valence-corrected chi connectivity index (χ0v) is 25.7. The van der Waals surface area contributed by atoms with E-state index in [1.807, 2.05) is 42.5 Å². The standard InChI is InChI=1S/C31H40N6O7/c1-31(2,3)44-30(42)33-23(11-13-27(38)39)29(41)37-18-21(14-19-6-9-22(43-5)10-7-19)16-26(37)28(40)32-17-20-8-12-25-24(15-20)34-35-36(25)4/h6-10,12,15,21,23,26H,11,13-14,16-18H2,1-5H3,(H,32,40)(H,33,42)(H,38,39)/t21-,23-,26+/m1/s1. The number of aryl methyl sites for hydroxylation is 1. The van der Waals surface area contributed by atoms with Crippen LogP contribution in [0.4, 0.5) is 4.79 Å². The van der Waals surface area contributed by atoms with E-state index in [1.54, 1.807) is 39.6 Å². The molecule has 1 aromatic heterocycles. The second-order valence-corrected chi connectivity index (χ2v) is 12.0. The number of amides is 3. The summed E-state index contributed by atoms with van der Waals surface area (Å²) in [7, 11) is 3.39. The number of aliphatic carboxylic acids is 1. The molecule has 4 rings (SSSR count). The first-order valence-corrected chi connectivity index (χ1v) is 14.5. The molecule has 3 aromatic rings. The van der Waals surface area contributed by atoms with E-state index in [4.69, 9.17) is 9.47 Å². The Kier molecular flexibility index (Phi) is 10.1. The molecule has 1 aliphatic heterocycles. The average Bonchev–Trinajstić information content (AvgIpc) is 3.56. The van der Waals surface area contributed by atoms with Gasteiger partial charge in [0.1, 0.15) is 29.0 Å². The lowest BCUT2D eigenvalue weighted by molar-refractivity contribution is -0.141. The maximum atomic E-state index is 13.9. The van der Waals surface area contributed by atoms with Gasteiger partial charge >= 0.3 is 12.1 Å². The maximum absolute atomic E-state index is 13.9. The number of nitrogens with one attached hydrogen (secondary N) is 2. The summed E-state index contributed by atoms with van der Waals surface area (Å²) in [6, 6.07) is 11.2. The van der Waals surface area contributed by atoms with Crippen molar-refractivity contribution in [2.75, 3.05) is 13.7 Å². The average molecular weight is 609 g/mol. The van der Waals surface area contributed by atoms with E-state index >= 15 is 0 Å². The summed E-state index contributed by atoms with van der Waals surface area (Å²) in [5.74, 6) is -1.31. The van der Waals surface area contributed by atoms with Crippen molar-refractivity contribution >= 4 is 34.9 Å². The van der Waals surface area contributed by atoms with Gasteiger partial charge in [0.2, 0.25) is 11.8 Å². The first-order valence-electron chi connectivity index (χ1n) is 14.5. The zero-order valence-electron chi connectivity index (χ0n) is 25.7. The highest BCUT2D eigenvalue weighted by molar-refractivity contribution is 5.92. The van der Waals surface area contributed by atoms with Crippen molar-refractivity contribution in [3.05, 3.63) is 53.6 Å². The molecule has 13 nitrogen and oxygen atoms in total. The van der Waals surface area contributed by atoms with Gasteiger partial charge in [0.05, 0.1) is 12.6 Å². The third kappa shape index (κ3) is 8.45. The van der Waals surface area contributed by atoms with E-state index in [0.29, 0.717) is 18.4 Å². The molecule has 1 saturated heterocycles. The highest BCUT2D eigenvalue weighted by Gasteiger charge is 2.42. The summed E-state index contributed by atoms with van der Waals surface area (Å²) >= 11 is 0. The molecule has 0 saturated carbocycles. The number of ether oxygens (including phenoxy) is 2.